The molecule has 1 aromatic heterocycles. The van der Waals surface area contributed by atoms with Gasteiger partial charge in [0.2, 0.25) is 0 Å². The van der Waals surface area contributed by atoms with Crippen molar-refractivity contribution >= 4 is 16.9 Å². The van der Waals surface area contributed by atoms with E-state index in [4.69, 9.17) is 9.15 Å². The highest BCUT2D eigenvalue weighted by molar-refractivity contribution is 6.05. The molecule has 0 unspecified atom stereocenters. The summed E-state index contributed by atoms with van der Waals surface area (Å²) >= 11 is 0. The summed E-state index contributed by atoms with van der Waals surface area (Å²) in [7, 11) is 0. The van der Waals surface area contributed by atoms with Crippen molar-refractivity contribution < 1.29 is 18.3 Å². The molecule has 0 radical (unpaired) electrons. The summed E-state index contributed by atoms with van der Waals surface area (Å²) in [6.45, 7) is 7.04. The number of hydrogen-bond donors (Lipinski definition) is 0. The number of benzene rings is 2. The predicted octanol–water partition coefficient (Wildman–Crippen LogP) is 3.68. The summed E-state index contributed by atoms with van der Waals surface area (Å²) in [5.74, 6) is 0.156. The van der Waals surface area contributed by atoms with E-state index in [9.17, 15) is 14.0 Å². The Balaban J connectivity index is 1.48. The summed E-state index contributed by atoms with van der Waals surface area (Å²) < 4.78 is 24.1. The number of halogens is 1. The Morgan fingerprint density at radius 2 is 1.77 bits per heavy atom. The second-order valence-electron chi connectivity index (χ2n) is 8.00. The zero-order chi connectivity index (χ0) is 22.0. The van der Waals surface area contributed by atoms with Crippen molar-refractivity contribution in [3.05, 3.63) is 75.9 Å². The third kappa shape index (κ3) is 4.94. The van der Waals surface area contributed by atoms with Crippen molar-refractivity contribution in [3.63, 3.8) is 0 Å². The maximum Gasteiger partial charge on any atom is 0.337 e. The molecule has 162 valence electrons. The third-order valence-electron chi connectivity index (χ3n) is 5.30. The Labute approximate surface area is 179 Å². The van der Waals surface area contributed by atoms with Crippen LogP contribution in [0.25, 0.3) is 11.0 Å². The van der Waals surface area contributed by atoms with Gasteiger partial charge < -0.3 is 14.1 Å². The van der Waals surface area contributed by atoms with Gasteiger partial charge in [0.1, 0.15) is 17.1 Å². The predicted molar refractivity (Wildman–Crippen MR) is 116 cm³/mol. The van der Waals surface area contributed by atoms with E-state index in [0.717, 1.165) is 5.56 Å². The van der Waals surface area contributed by atoms with E-state index in [-0.39, 0.29) is 17.8 Å². The first-order valence-electron chi connectivity index (χ1n) is 10.4. The van der Waals surface area contributed by atoms with E-state index in [1.807, 2.05) is 13.8 Å². The molecule has 0 spiro atoms. The van der Waals surface area contributed by atoms with Gasteiger partial charge in [-0.2, -0.15) is 0 Å². The summed E-state index contributed by atoms with van der Waals surface area (Å²) in [5.41, 5.74) is 1.15. The van der Waals surface area contributed by atoms with E-state index in [1.54, 1.807) is 35.2 Å². The highest BCUT2D eigenvalue weighted by atomic mass is 19.1. The van der Waals surface area contributed by atoms with Gasteiger partial charge >= 0.3 is 5.63 Å². The number of fused-ring (bicyclic) bond motifs is 1. The van der Waals surface area contributed by atoms with Crippen LogP contribution >= 0.6 is 0 Å². The van der Waals surface area contributed by atoms with Crippen LogP contribution in [0, 0.1) is 5.82 Å². The van der Waals surface area contributed by atoms with Gasteiger partial charge in [0.05, 0.1) is 11.7 Å². The Morgan fingerprint density at radius 3 is 2.45 bits per heavy atom. The fraction of sp³-hybridized carbons (Fsp3) is 0.333. The monoisotopic (exact) mass is 424 g/mol. The quantitative estimate of drug-likeness (QED) is 0.585. The van der Waals surface area contributed by atoms with Crippen molar-refractivity contribution in [1.82, 2.24) is 9.80 Å². The zero-order valence-electron chi connectivity index (χ0n) is 17.6. The molecule has 2 heterocycles. The molecular weight excluding hydrogens is 399 g/mol. The molecule has 1 fully saturated rings. The molecule has 0 atom stereocenters. The molecule has 3 aromatic rings. The van der Waals surface area contributed by atoms with Crippen LogP contribution in [0.15, 0.2) is 57.7 Å². The van der Waals surface area contributed by atoms with Gasteiger partial charge in [0, 0.05) is 50.2 Å². The Kier molecular flexibility index (Phi) is 6.04. The smallest absolute Gasteiger partial charge is 0.337 e. The number of nitrogens with zero attached hydrogens (tertiary/aromatic N) is 2. The molecular formula is C24H25FN2O4. The van der Waals surface area contributed by atoms with E-state index in [0.29, 0.717) is 55.0 Å². The average Bonchev–Trinajstić information content (AvgIpc) is 2.74. The number of carbonyl (C=O) groups is 1. The molecule has 0 bridgehead atoms. The molecule has 1 aliphatic heterocycles. The Morgan fingerprint density at radius 1 is 1.06 bits per heavy atom. The molecule has 1 amide bonds. The molecule has 1 saturated heterocycles. The lowest BCUT2D eigenvalue weighted by Gasteiger charge is -2.35. The van der Waals surface area contributed by atoms with E-state index >= 15 is 0 Å². The number of hydrogen-bond acceptors (Lipinski definition) is 5. The van der Waals surface area contributed by atoms with Crippen LogP contribution in [0.4, 0.5) is 4.39 Å². The minimum Gasteiger partial charge on any atom is -0.491 e. The summed E-state index contributed by atoms with van der Waals surface area (Å²) in [5, 5.41) is 0.592. The molecule has 4 rings (SSSR count). The minimum absolute atomic E-state index is 0.0137. The van der Waals surface area contributed by atoms with Crippen molar-refractivity contribution in [2.75, 3.05) is 26.2 Å². The largest absolute Gasteiger partial charge is 0.491 e. The molecule has 0 N–H and O–H groups in total. The number of amides is 1. The van der Waals surface area contributed by atoms with Gasteiger partial charge in [-0.05, 0) is 43.7 Å². The maximum atomic E-state index is 13.2. The minimum atomic E-state index is -0.563. The van der Waals surface area contributed by atoms with Crippen molar-refractivity contribution in [3.8, 4) is 5.75 Å². The van der Waals surface area contributed by atoms with Crippen LogP contribution in [-0.2, 0) is 6.54 Å². The summed E-state index contributed by atoms with van der Waals surface area (Å²) in [6.07, 6.45) is -0.0137. The SMILES string of the molecule is CC(C)Oc1ccc2c(C(=O)N3CCN(Cc4ccc(F)cc4)CC3)cc(=O)oc2c1. The van der Waals surface area contributed by atoms with E-state index < -0.39 is 5.63 Å². The lowest BCUT2D eigenvalue weighted by atomic mass is 10.1. The van der Waals surface area contributed by atoms with Gasteiger partial charge in [-0.25, -0.2) is 9.18 Å². The fourth-order valence-corrected chi connectivity index (χ4v) is 3.79. The first-order valence-corrected chi connectivity index (χ1v) is 10.4. The molecule has 1 aliphatic rings. The molecule has 31 heavy (non-hydrogen) atoms. The summed E-state index contributed by atoms with van der Waals surface area (Å²) in [6, 6.07) is 12.9. The molecule has 6 nitrogen and oxygen atoms in total. The second-order valence-corrected chi connectivity index (χ2v) is 8.00. The first-order chi connectivity index (χ1) is 14.9. The van der Waals surface area contributed by atoms with Crippen LogP contribution in [0.5, 0.6) is 5.75 Å². The lowest BCUT2D eigenvalue weighted by Crippen LogP contribution is -2.48. The lowest BCUT2D eigenvalue weighted by molar-refractivity contribution is 0.0629. The number of carbonyl (C=O) groups excluding carboxylic acids is 1. The van der Waals surface area contributed by atoms with Crippen molar-refractivity contribution in [1.29, 1.82) is 0 Å². The fourth-order valence-electron chi connectivity index (χ4n) is 3.79. The van der Waals surface area contributed by atoms with Crippen LogP contribution in [0.3, 0.4) is 0 Å². The van der Waals surface area contributed by atoms with Gasteiger partial charge in [-0.15, -0.1) is 0 Å². The highest BCUT2D eigenvalue weighted by Gasteiger charge is 2.24. The zero-order valence-corrected chi connectivity index (χ0v) is 17.6. The topological polar surface area (TPSA) is 63.0 Å². The standard InChI is InChI=1S/C24H25FN2O4/c1-16(2)30-19-7-8-20-21(14-23(28)31-22(20)13-19)24(29)27-11-9-26(10-12-27)15-17-3-5-18(25)6-4-17/h3-8,13-14,16H,9-12,15H2,1-2H3. The second kappa shape index (κ2) is 8.89. The van der Waals surface area contributed by atoms with Crippen LogP contribution in [0.1, 0.15) is 29.8 Å². The summed E-state index contributed by atoms with van der Waals surface area (Å²) in [4.78, 5) is 29.3. The molecule has 0 aliphatic carbocycles. The van der Waals surface area contributed by atoms with E-state index in [2.05, 4.69) is 4.90 Å². The maximum absolute atomic E-state index is 13.2. The van der Waals surface area contributed by atoms with Crippen LogP contribution in [-0.4, -0.2) is 48.0 Å². The van der Waals surface area contributed by atoms with E-state index in [1.165, 1.54) is 18.2 Å². The normalized spacial score (nSPS) is 14.9. The molecule has 2 aromatic carbocycles. The molecule has 0 saturated carbocycles. The van der Waals surface area contributed by atoms with Crippen LogP contribution in [0.2, 0.25) is 0 Å². The number of rotatable bonds is 5. The number of piperazine rings is 1. The van der Waals surface area contributed by atoms with Gasteiger partial charge in [-0.3, -0.25) is 9.69 Å². The van der Waals surface area contributed by atoms with Crippen LogP contribution < -0.4 is 10.4 Å². The number of ether oxygens (including phenoxy) is 1. The van der Waals surface area contributed by atoms with Gasteiger partial charge in [0.25, 0.3) is 5.91 Å². The van der Waals surface area contributed by atoms with Crippen molar-refractivity contribution in [2.24, 2.45) is 0 Å². The third-order valence-corrected chi connectivity index (χ3v) is 5.30. The average molecular weight is 424 g/mol. The Bertz CT molecular complexity index is 1130. The highest BCUT2D eigenvalue weighted by Crippen LogP contribution is 2.25. The van der Waals surface area contributed by atoms with Crippen molar-refractivity contribution in [2.45, 2.75) is 26.5 Å². The first kappa shape index (κ1) is 21.1. The molecule has 7 heteroatoms. The van der Waals surface area contributed by atoms with Gasteiger partial charge in [-0.1, -0.05) is 12.1 Å². The van der Waals surface area contributed by atoms with Gasteiger partial charge in [0.15, 0.2) is 0 Å². The Hall–Kier alpha value is -3.19.